The van der Waals surface area contributed by atoms with Crippen LogP contribution in [0, 0.1) is 0 Å². The quantitative estimate of drug-likeness (QED) is 0.423. The number of ether oxygens (including phenoxy) is 2. The van der Waals surface area contributed by atoms with Crippen LogP contribution >= 0.6 is 0 Å². The maximum absolute atomic E-state index is 10.9. The summed E-state index contributed by atoms with van der Waals surface area (Å²) in [5.74, 6) is 2.10. The number of imidazole rings is 1. The Bertz CT molecular complexity index is 1390. The maximum Gasteiger partial charge on any atom is 0.235 e. The number of aromatic hydroxyl groups is 1. The first-order chi connectivity index (χ1) is 15.2. The number of fused-ring (bicyclic) bond motifs is 3. The van der Waals surface area contributed by atoms with Crippen molar-refractivity contribution in [3.05, 3.63) is 72.9 Å². The Morgan fingerprint density at radius 1 is 0.935 bits per heavy atom. The van der Waals surface area contributed by atoms with Gasteiger partial charge in [-0.25, -0.2) is 9.97 Å². The Labute approximate surface area is 179 Å². The fourth-order valence-electron chi connectivity index (χ4n) is 3.84. The summed E-state index contributed by atoms with van der Waals surface area (Å²) in [7, 11) is 1.64. The molecule has 5 rings (SSSR count). The van der Waals surface area contributed by atoms with Gasteiger partial charge in [-0.3, -0.25) is 4.40 Å². The van der Waals surface area contributed by atoms with Crippen molar-refractivity contribution >= 4 is 16.8 Å². The molecule has 5 aromatic rings. The number of methoxy groups -OCH3 is 1. The molecule has 0 aliphatic heterocycles. The number of para-hydroxylation sites is 2. The van der Waals surface area contributed by atoms with Crippen molar-refractivity contribution in [1.29, 1.82) is 0 Å². The summed E-state index contributed by atoms with van der Waals surface area (Å²) < 4.78 is 12.9. The predicted octanol–water partition coefficient (Wildman–Crippen LogP) is 5.33. The van der Waals surface area contributed by atoms with E-state index in [1.54, 1.807) is 19.4 Å². The van der Waals surface area contributed by atoms with Crippen molar-refractivity contribution in [2.75, 3.05) is 13.7 Å². The van der Waals surface area contributed by atoms with Crippen LogP contribution in [0.15, 0.2) is 72.9 Å². The van der Waals surface area contributed by atoms with Crippen LogP contribution in [-0.4, -0.2) is 33.2 Å². The number of hydrogen-bond acceptors (Lipinski definition) is 5. The molecule has 0 saturated heterocycles. The third kappa shape index (κ3) is 3.22. The van der Waals surface area contributed by atoms with Gasteiger partial charge in [-0.2, -0.15) is 0 Å². The molecule has 6 heteroatoms. The highest BCUT2D eigenvalue weighted by atomic mass is 16.5. The highest BCUT2D eigenvalue weighted by molar-refractivity contribution is 5.90. The van der Waals surface area contributed by atoms with E-state index in [-0.39, 0.29) is 5.75 Å². The van der Waals surface area contributed by atoms with Gasteiger partial charge in [-0.15, -0.1) is 0 Å². The van der Waals surface area contributed by atoms with Crippen LogP contribution in [0.2, 0.25) is 0 Å². The predicted molar refractivity (Wildman–Crippen MR) is 121 cm³/mol. The van der Waals surface area contributed by atoms with Gasteiger partial charge in [0, 0.05) is 23.4 Å². The molecule has 0 aliphatic rings. The number of nitrogens with zero attached hydrogens (tertiary/aromatic N) is 3. The number of phenols is 1. The van der Waals surface area contributed by atoms with E-state index in [0.29, 0.717) is 23.7 Å². The van der Waals surface area contributed by atoms with Crippen molar-refractivity contribution in [2.24, 2.45) is 0 Å². The molecular weight excluding hydrogens is 390 g/mol. The second kappa shape index (κ2) is 7.65. The average Bonchev–Trinajstić information content (AvgIpc) is 3.18. The molecule has 6 nitrogen and oxygen atoms in total. The van der Waals surface area contributed by atoms with Gasteiger partial charge < -0.3 is 14.6 Å². The van der Waals surface area contributed by atoms with Crippen LogP contribution in [0.1, 0.15) is 6.92 Å². The van der Waals surface area contributed by atoms with E-state index < -0.39 is 0 Å². The van der Waals surface area contributed by atoms with Gasteiger partial charge in [0.05, 0.1) is 30.4 Å². The van der Waals surface area contributed by atoms with Crippen LogP contribution in [0.5, 0.6) is 17.2 Å². The molecule has 0 atom stereocenters. The molecule has 154 valence electrons. The molecule has 0 bridgehead atoms. The first-order valence-corrected chi connectivity index (χ1v) is 10.1. The Morgan fingerprint density at radius 2 is 1.71 bits per heavy atom. The zero-order chi connectivity index (χ0) is 21.4. The van der Waals surface area contributed by atoms with E-state index in [0.717, 1.165) is 33.6 Å². The lowest BCUT2D eigenvalue weighted by Crippen LogP contribution is -1.99. The third-order valence-corrected chi connectivity index (χ3v) is 5.27. The summed E-state index contributed by atoms with van der Waals surface area (Å²) in [4.78, 5) is 9.28. The highest BCUT2D eigenvalue weighted by Crippen LogP contribution is 2.40. The first kappa shape index (κ1) is 18.9. The summed E-state index contributed by atoms with van der Waals surface area (Å²) in [6.07, 6.45) is 1.80. The van der Waals surface area contributed by atoms with Gasteiger partial charge in [-0.1, -0.05) is 24.3 Å². The molecule has 3 aromatic carbocycles. The molecule has 0 saturated carbocycles. The normalized spacial score (nSPS) is 11.2. The fourth-order valence-corrected chi connectivity index (χ4v) is 3.84. The summed E-state index contributed by atoms with van der Waals surface area (Å²) in [5, 5.41) is 10.9. The van der Waals surface area contributed by atoms with E-state index in [1.807, 2.05) is 72.0 Å². The second-order valence-electron chi connectivity index (χ2n) is 7.10. The van der Waals surface area contributed by atoms with Gasteiger partial charge >= 0.3 is 0 Å². The Hall–Kier alpha value is -4.06. The number of phenolic OH excluding ortho intramolecular Hbond substituents is 1. The van der Waals surface area contributed by atoms with Crippen molar-refractivity contribution < 1.29 is 14.6 Å². The molecule has 0 fully saturated rings. The van der Waals surface area contributed by atoms with Crippen LogP contribution in [-0.2, 0) is 0 Å². The minimum Gasteiger partial charge on any atom is -0.507 e. The van der Waals surface area contributed by atoms with Crippen molar-refractivity contribution in [1.82, 2.24) is 14.4 Å². The molecular formula is C25H21N3O3. The number of aromatic nitrogens is 3. The zero-order valence-corrected chi connectivity index (χ0v) is 17.2. The Balaban J connectivity index is 1.84. The second-order valence-corrected chi connectivity index (χ2v) is 7.10. The molecule has 31 heavy (non-hydrogen) atoms. The largest absolute Gasteiger partial charge is 0.507 e. The molecule has 0 spiro atoms. The van der Waals surface area contributed by atoms with Crippen LogP contribution in [0.25, 0.3) is 39.2 Å². The van der Waals surface area contributed by atoms with Crippen LogP contribution in [0.4, 0.5) is 0 Å². The third-order valence-electron chi connectivity index (χ3n) is 5.27. The molecule has 0 unspecified atom stereocenters. The highest BCUT2D eigenvalue weighted by Gasteiger charge is 2.19. The summed E-state index contributed by atoms with van der Waals surface area (Å²) in [6, 6.07) is 21.0. The maximum atomic E-state index is 10.9. The lowest BCUT2D eigenvalue weighted by atomic mass is 9.99. The summed E-state index contributed by atoms with van der Waals surface area (Å²) in [5.41, 5.74) is 5.07. The standard InChI is InChI=1S/C25H21N3O3/c1-3-31-18-12-13-19(23(29)14-18)24-20(16-8-10-17(30-2)11-9-16)15-26-25-27-21-6-4-5-7-22(21)28(24)25/h4-15,29H,3H2,1-2H3. The van der Waals surface area contributed by atoms with Gasteiger partial charge in [-0.05, 0) is 48.9 Å². The Morgan fingerprint density at radius 3 is 2.45 bits per heavy atom. The minimum absolute atomic E-state index is 0.131. The first-order valence-electron chi connectivity index (χ1n) is 10.1. The monoisotopic (exact) mass is 411 g/mol. The van der Waals surface area contributed by atoms with Gasteiger partial charge in [0.25, 0.3) is 0 Å². The van der Waals surface area contributed by atoms with Gasteiger partial charge in [0.15, 0.2) is 0 Å². The SMILES string of the molecule is CCOc1ccc(-c2c(-c3ccc(OC)cc3)cnc3nc4ccccc4n23)c(O)c1. The van der Waals surface area contributed by atoms with Crippen molar-refractivity contribution in [2.45, 2.75) is 6.92 Å². The number of rotatable bonds is 5. The van der Waals surface area contributed by atoms with Crippen LogP contribution < -0.4 is 9.47 Å². The average molecular weight is 411 g/mol. The van der Waals surface area contributed by atoms with E-state index in [9.17, 15) is 5.11 Å². The van der Waals surface area contributed by atoms with Gasteiger partial charge in [0.1, 0.15) is 17.2 Å². The Kier molecular flexibility index (Phi) is 4.67. The molecule has 0 amide bonds. The fraction of sp³-hybridized carbons (Fsp3) is 0.120. The lowest BCUT2D eigenvalue weighted by molar-refractivity contribution is 0.338. The van der Waals surface area contributed by atoms with E-state index in [4.69, 9.17) is 9.47 Å². The van der Waals surface area contributed by atoms with Crippen LogP contribution in [0.3, 0.4) is 0 Å². The summed E-state index contributed by atoms with van der Waals surface area (Å²) in [6.45, 7) is 2.44. The van der Waals surface area contributed by atoms with Crippen molar-refractivity contribution in [3.8, 4) is 39.6 Å². The number of hydrogen-bond donors (Lipinski definition) is 1. The zero-order valence-electron chi connectivity index (χ0n) is 17.2. The molecule has 0 radical (unpaired) electrons. The molecule has 0 aliphatic carbocycles. The molecule has 2 heterocycles. The van der Waals surface area contributed by atoms with E-state index in [2.05, 4.69) is 9.97 Å². The summed E-state index contributed by atoms with van der Waals surface area (Å²) >= 11 is 0. The lowest BCUT2D eigenvalue weighted by Gasteiger charge is -2.15. The van der Waals surface area contributed by atoms with Gasteiger partial charge in [0.2, 0.25) is 5.78 Å². The minimum atomic E-state index is 0.131. The number of benzene rings is 3. The molecule has 1 N–H and O–H groups in total. The van der Waals surface area contributed by atoms with Crippen molar-refractivity contribution in [3.63, 3.8) is 0 Å². The smallest absolute Gasteiger partial charge is 0.235 e. The van der Waals surface area contributed by atoms with E-state index >= 15 is 0 Å². The van der Waals surface area contributed by atoms with E-state index in [1.165, 1.54) is 0 Å². The topological polar surface area (TPSA) is 68.9 Å². The molecule has 2 aromatic heterocycles.